The number of hydrogen-bond donors (Lipinski definition) is 2. The predicted molar refractivity (Wildman–Crippen MR) is 57.4 cm³/mol. The van der Waals surface area contributed by atoms with Crippen LogP contribution in [0.3, 0.4) is 0 Å². The standard InChI is InChI=1S/C12H19NO/c1-9(14)6-7-11-8-10-4-2-3-5-12(10)13-11/h8-9,13-14H,2-7H2,1H3/t9-/m0/s1. The number of fused-ring (bicyclic) bond motifs is 1. The van der Waals surface area contributed by atoms with Crippen molar-refractivity contribution in [3.8, 4) is 0 Å². The molecule has 2 nitrogen and oxygen atoms in total. The molecule has 0 saturated carbocycles. The van der Waals surface area contributed by atoms with Crippen molar-refractivity contribution in [3.05, 3.63) is 23.0 Å². The molecule has 1 atom stereocenters. The lowest BCUT2D eigenvalue weighted by atomic mass is 9.98. The Morgan fingerprint density at radius 2 is 2.21 bits per heavy atom. The number of aryl methyl sites for hydroxylation is 3. The van der Waals surface area contributed by atoms with Gasteiger partial charge in [-0.2, -0.15) is 0 Å². The largest absolute Gasteiger partial charge is 0.393 e. The highest BCUT2D eigenvalue weighted by Crippen LogP contribution is 2.22. The summed E-state index contributed by atoms with van der Waals surface area (Å²) in [5.41, 5.74) is 4.26. The third-order valence-corrected chi connectivity index (χ3v) is 3.00. The Balaban J connectivity index is 2.01. The second kappa shape index (κ2) is 4.18. The maximum absolute atomic E-state index is 9.20. The SMILES string of the molecule is C[C@H](O)CCc1cc2c([nH]1)CCCC2. The van der Waals surface area contributed by atoms with Gasteiger partial charge in [0.1, 0.15) is 0 Å². The van der Waals surface area contributed by atoms with Crippen LogP contribution in [0.4, 0.5) is 0 Å². The summed E-state index contributed by atoms with van der Waals surface area (Å²) in [5.74, 6) is 0. The average molecular weight is 193 g/mol. The van der Waals surface area contributed by atoms with Gasteiger partial charge in [0.25, 0.3) is 0 Å². The number of aliphatic hydroxyl groups excluding tert-OH is 1. The molecule has 1 aliphatic carbocycles. The summed E-state index contributed by atoms with van der Waals surface area (Å²) < 4.78 is 0. The first-order valence-corrected chi connectivity index (χ1v) is 5.63. The van der Waals surface area contributed by atoms with Gasteiger partial charge >= 0.3 is 0 Å². The van der Waals surface area contributed by atoms with Crippen molar-refractivity contribution in [1.29, 1.82) is 0 Å². The van der Waals surface area contributed by atoms with E-state index in [1.165, 1.54) is 42.6 Å². The molecule has 2 N–H and O–H groups in total. The Labute approximate surface area is 85.3 Å². The number of rotatable bonds is 3. The monoisotopic (exact) mass is 193 g/mol. The highest BCUT2D eigenvalue weighted by atomic mass is 16.3. The molecule has 2 heteroatoms. The molecule has 2 rings (SSSR count). The van der Waals surface area contributed by atoms with Crippen molar-refractivity contribution in [1.82, 2.24) is 4.98 Å². The minimum Gasteiger partial charge on any atom is -0.393 e. The van der Waals surface area contributed by atoms with E-state index in [0.29, 0.717) is 0 Å². The summed E-state index contributed by atoms with van der Waals surface area (Å²) in [6.45, 7) is 1.85. The van der Waals surface area contributed by atoms with Crippen LogP contribution >= 0.6 is 0 Å². The lowest BCUT2D eigenvalue weighted by Crippen LogP contribution is -2.01. The number of aromatic nitrogens is 1. The predicted octanol–water partition coefficient (Wildman–Crippen LogP) is 2.21. The molecule has 1 heterocycles. The highest BCUT2D eigenvalue weighted by molar-refractivity contribution is 5.28. The molecule has 1 aromatic heterocycles. The van der Waals surface area contributed by atoms with Gasteiger partial charge in [0.15, 0.2) is 0 Å². The van der Waals surface area contributed by atoms with Gasteiger partial charge in [-0.1, -0.05) is 0 Å². The minimum absolute atomic E-state index is 0.185. The average Bonchev–Trinajstić information content (AvgIpc) is 2.57. The molecular weight excluding hydrogens is 174 g/mol. The summed E-state index contributed by atoms with van der Waals surface area (Å²) in [4.78, 5) is 3.48. The second-order valence-electron chi connectivity index (χ2n) is 4.39. The van der Waals surface area contributed by atoms with E-state index in [1.807, 2.05) is 6.92 Å². The second-order valence-corrected chi connectivity index (χ2v) is 4.39. The van der Waals surface area contributed by atoms with E-state index >= 15 is 0 Å². The van der Waals surface area contributed by atoms with Gasteiger partial charge in [0.05, 0.1) is 6.10 Å². The van der Waals surface area contributed by atoms with Gasteiger partial charge in [-0.15, -0.1) is 0 Å². The van der Waals surface area contributed by atoms with Crippen molar-refractivity contribution < 1.29 is 5.11 Å². The number of hydrogen-bond acceptors (Lipinski definition) is 1. The smallest absolute Gasteiger partial charge is 0.0515 e. The molecule has 14 heavy (non-hydrogen) atoms. The summed E-state index contributed by atoms with van der Waals surface area (Å²) in [7, 11) is 0. The van der Waals surface area contributed by atoms with Gasteiger partial charge < -0.3 is 10.1 Å². The third-order valence-electron chi connectivity index (χ3n) is 3.00. The molecule has 0 radical (unpaired) electrons. The number of H-pyrrole nitrogens is 1. The van der Waals surface area contributed by atoms with E-state index in [9.17, 15) is 5.11 Å². The van der Waals surface area contributed by atoms with Crippen LogP contribution in [0, 0.1) is 0 Å². The number of aliphatic hydroxyl groups is 1. The lowest BCUT2D eigenvalue weighted by Gasteiger charge is -2.09. The van der Waals surface area contributed by atoms with Gasteiger partial charge in [-0.25, -0.2) is 0 Å². The van der Waals surface area contributed by atoms with Crippen molar-refractivity contribution in [2.75, 3.05) is 0 Å². The number of aromatic amines is 1. The van der Waals surface area contributed by atoms with Crippen LogP contribution in [0.2, 0.25) is 0 Å². The van der Waals surface area contributed by atoms with Crippen LogP contribution in [-0.2, 0) is 19.3 Å². The Kier molecular flexibility index (Phi) is 2.92. The Hall–Kier alpha value is -0.760. The van der Waals surface area contributed by atoms with Crippen LogP contribution in [0.5, 0.6) is 0 Å². The molecule has 78 valence electrons. The van der Waals surface area contributed by atoms with Crippen LogP contribution in [0.15, 0.2) is 6.07 Å². The zero-order valence-corrected chi connectivity index (χ0v) is 8.84. The molecule has 1 aromatic rings. The molecule has 1 aliphatic rings. The van der Waals surface area contributed by atoms with Gasteiger partial charge in [-0.05, 0) is 57.1 Å². The van der Waals surface area contributed by atoms with E-state index in [2.05, 4.69) is 11.1 Å². The van der Waals surface area contributed by atoms with E-state index in [-0.39, 0.29) is 6.10 Å². The molecular formula is C12H19NO. The Morgan fingerprint density at radius 1 is 1.43 bits per heavy atom. The minimum atomic E-state index is -0.185. The summed E-state index contributed by atoms with van der Waals surface area (Å²) >= 11 is 0. The van der Waals surface area contributed by atoms with Gasteiger partial charge in [0, 0.05) is 11.4 Å². The van der Waals surface area contributed by atoms with E-state index in [0.717, 1.165) is 12.8 Å². The summed E-state index contributed by atoms with van der Waals surface area (Å²) in [5, 5.41) is 9.20. The first-order valence-electron chi connectivity index (χ1n) is 5.63. The van der Waals surface area contributed by atoms with E-state index in [1.54, 1.807) is 0 Å². The van der Waals surface area contributed by atoms with Crippen molar-refractivity contribution in [2.24, 2.45) is 0 Å². The molecule has 0 unspecified atom stereocenters. The van der Waals surface area contributed by atoms with Crippen LogP contribution < -0.4 is 0 Å². The molecule has 0 bridgehead atoms. The van der Waals surface area contributed by atoms with Gasteiger partial charge in [0.2, 0.25) is 0 Å². The van der Waals surface area contributed by atoms with E-state index < -0.39 is 0 Å². The highest BCUT2D eigenvalue weighted by Gasteiger charge is 2.12. The third kappa shape index (κ3) is 2.18. The van der Waals surface area contributed by atoms with Crippen LogP contribution in [-0.4, -0.2) is 16.2 Å². The Bertz CT molecular complexity index is 278. The van der Waals surface area contributed by atoms with Crippen molar-refractivity contribution >= 4 is 0 Å². The molecule has 0 fully saturated rings. The summed E-state index contributed by atoms with van der Waals surface area (Å²) in [6.07, 6.45) is 6.76. The fourth-order valence-corrected chi connectivity index (χ4v) is 2.17. The Morgan fingerprint density at radius 3 is 2.93 bits per heavy atom. The molecule has 0 spiro atoms. The topological polar surface area (TPSA) is 36.0 Å². The van der Waals surface area contributed by atoms with Crippen molar-refractivity contribution in [2.45, 2.75) is 51.6 Å². The van der Waals surface area contributed by atoms with E-state index in [4.69, 9.17) is 0 Å². The fraction of sp³-hybridized carbons (Fsp3) is 0.667. The quantitative estimate of drug-likeness (QED) is 0.758. The first kappa shape index (κ1) is 9.78. The zero-order valence-electron chi connectivity index (χ0n) is 8.84. The first-order chi connectivity index (χ1) is 6.75. The number of nitrogens with one attached hydrogen (secondary N) is 1. The van der Waals surface area contributed by atoms with Crippen LogP contribution in [0.25, 0.3) is 0 Å². The fourth-order valence-electron chi connectivity index (χ4n) is 2.17. The normalized spacial score (nSPS) is 17.9. The van der Waals surface area contributed by atoms with Gasteiger partial charge in [-0.3, -0.25) is 0 Å². The molecule has 0 amide bonds. The maximum atomic E-state index is 9.20. The maximum Gasteiger partial charge on any atom is 0.0515 e. The summed E-state index contributed by atoms with van der Waals surface area (Å²) in [6, 6.07) is 2.29. The molecule has 0 saturated heterocycles. The van der Waals surface area contributed by atoms with Crippen molar-refractivity contribution in [3.63, 3.8) is 0 Å². The zero-order chi connectivity index (χ0) is 9.97. The molecule has 0 aliphatic heterocycles. The molecule has 0 aromatic carbocycles. The van der Waals surface area contributed by atoms with Crippen LogP contribution in [0.1, 0.15) is 43.1 Å². The lowest BCUT2D eigenvalue weighted by molar-refractivity contribution is 0.184.